The lowest BCUT2D eigenvalue weighted by Crippen LogP contribution is -2.05. The first kappa shape index (κ1) is 22.4. The number of imidazole rings is 1. The molecule has 176 valence electrons. The molecular weight excluding hydrogens is 473 g/mol. The average Bonchev–Trinajstić information content (AvgIpc) is 3.29. The molecule has 0 bridgehead atoms. The molecule has 0 saturated carbocycles. The molecule has 0 spiro atoms. The van der Waals surface area contributed by atoms with E-state index in [-0.39, 0.29) is 33.8 Å². The highest BCUT2D eigenvalue weighted by atomic mass is 32.2. The second-order valence-corrected chi connectivity index (χ2v) is 9.59. The van der Waals surface area contributed by atoms with Gasteiger partial charge in [-0.25, -0.2) is 27.8 Å². The van der Waals surface area contributed by atoms with Gasteiger partial charge in [-0.05, 0) is 24.3 Å². The topological polar surface area (TPSA) is 120 Å². The van der Waals surface area contributed by atoms with Crippen LogP contribution in [0.2, 0.25) is 0 Å². The monoisotopic (exact) mass is 491 g/mol. The smallest absolute Gasteiger partial charge is 0.195 e. The standard InChI is InChI=1S/C24H18FN5O4S/c1-2-35(31,32)23-8-7-15(13-28-23)33-21-11-17-18(30-24(29-17)19-14-26-9-10-27-19)12-22(21)34-20-6-4-3-5-16(20)25/h3-14H,2H2,1H3,(H,29,30). The number of nitrogens with zero attached hydrogens (tertiary/aromatic N) is 4. The van der Waals surface area contributed by atoms with E-state index < -0.39 is 15.7 Å². The van der Waals surface area contributed by atoms with Gasteiger partial charge < -0.3 is 14.5 Å². The lowest BCUT2D eigenvalue weighted by atomic mass is 10.2. The molecule has 0 aliphatic heterocycles. The number of H-pyrrole nitrogens is 1. The van der Waals surface area contributed by atoms with Crippen LogP contribution in [0.5, 0.6) is 23.0 Å². The van der Waals surface area contributed by atoms with Gasteiger partial charge >= 0.3 is 0 Å². The van der Waals surface area contributed by atoms with E-state index in [2.05, 4.69) is 24.9 Å². The summed E-state index contributed by atoms with van der Waals surface area (Å²) in [4.78, 5) is 20.0. The summed E-state index contributed by atoms with van der Waals surface area (Å²) in [5.41, 5.74) is 1.69. The number of benzene rings is 2. The first-order chi connectivity index (χ1) is 16.9. The van der Waals surface area contributed by atoms with Crippen molar-refractivity contribution in [3.63, 3.8) is 0 Å². The minimum absolute atomic E-state index is 0.00361. The van der Waals surface area contributed by atoms with Crippen LogP contribution in [0.3, 0.4) is 0 Å². The lowest BCUT2D eigenvalue weighted by Gasteiger charge is -2.13. The van der Waals surface area contributed by atoms with Gasteiger partial charge in [-0.2, -0.15) is 0 Å². The van der Waals surface area contributed by atoms with Crippen LogP contribution in [0.25, 0.3) is 22.6 Å². The predicted octanol–water partition coefficient (Wildman–Crippen LogP) is 4.93. The lowest BCUT2D eigenvalue weighted by molar-refractivity contribution is 0.402. The summed E-state index contributed by atoms with van der Waals surface area (Å²) in [7, 11) is -3.45. The Morgan fingerprint density at radius 3 is 2.49 bits per heavy atom. The van der Waals surface area contributed by atoms with E-state index in [9.17, 15) is 12.8 Å². The van der Waals surface area contributed by atoms with E-state index in [0.29, 0.717) is 22.6 Å². The number of para-hydroxylation sites is 1. The van der Waals surface area contributed by atoms with Crippen LogP contribution in [-0.2, 0) is 9.84 Å². The summed E-state index contributed by atoms with van der Waals surface area (Å²) >= 11 is 0. The summed E-state index contributed by atoms with van der Waals surface area (Å²) in [6.45, 7) is 1.54. The second kappa shape index (κ2) is 9.11. The zero-order valence-electron chi connectivity index (χ0n) is 18.3. The Kier molecular flexibility index (Phi) is 5.83. The van der Waals surface area contributed by atoms with Crippen molar-refractivity contribution in [2.24, 2.45) is 0 Å². The van der Waals surface area contributed by atoms with E-state index >= 15 is 0 Å². The number of nitrogens with one attached hydrogen (secondary N) is 1. The largest absolute Gasteiger partial charge is 0.452 e. The zero-order valence-corrected chi connectivity index (χ0v) is 19.2. The third-order valence-electron chi connectivity index (χ3n) is 5.05. The molecule has 5 rings (SSSR count). The number of hydrogen-bond acceptors (Lipinski definition) is 8. The Morgan fingerprint density at radius 1 is 0.943 bits per heavy atom. The van der Waals surface area contributed by atoms with Crippen LogP contribution < -0.4 is 9.47 Å². The molecule has 0 radical (unpaired) electrons. The Morgan fingerprint density at radius 2 is 1.77 bits per heavy atom. The zero-order chi connectivity index (χ0) is 24.4. The number of halogens is 1. The van der Waals surface area contributed by atoms with E-state index in [1.165, 1.54) is 30.5 Å². The molecule has 0 amide bonds. The summed E-state index contributed by atoms with van der Waals surface area (Å²) in [6, 6.07) is 12.1. The number of aromatic nitrogens is 5. The Balaban J connectivity index is 1.56. The van der Waals surface area contributed by atoms with Gasteiger partial charge in [-0.1, -0.05) is 19.1 Å². The fourth-order valence-corrected chi connectivity index (χ4v) is 4.04. The van der Waals surface area contributed by atoms with Gasteiger partial charge in [0.25, 0.3) is 0 Å². The molecule has 11 heteroatoms. The highest BCUT2D eigenvalue weighted by molar-refractivity contribution is 7.91. The highest BCUT2D eigenvalue weighted by Gasteiger charge is 2.17. The predicted molar refractivity (Wildman–Crippen MR) is 126 cm³/mol. The molecule has 0 fully saturated rings. The number of pyridine rings is 1. The first-order valence-corrected chi connectivity index (χ1v) is 12.2. The van der Waals surface area contributed by atoms with Gasteiger partial charge in [0.15, 0.2) is 43.8 Å². The summed E-state index contributed by atoms with van der Waals surface area (Å²) in [6.07, 6.45) is 5.99. The maximum absolute atomic E-state index is 14.3. The fraction of sp³-hybridized carbons (Fsp3) is 0.0833. The molecule has 35 heavy (non-hydrogen) atoms. The van der Waals surface area contributed by atoms with Gasteiger partial charge in [0.1, 0.15) is 11.4 Å². The quantitative estimate of drug-likeness (QED) is 0.340. The van der Waals surface area contributed by atoms with Crippen LogP contribution in [0.4, 0.5) is 4.39 Å². The molecule has 0 saturated heterocycles. The first-order valence-electron chi connectivity index (χ1n) is 10.5. The number of sulfone groups is 1. The molecule has 1 N–H and O–H groups in total. The molecular formula is C24H18FN5O4S. The van der Waals surface area contributed by atoms with Crippen LogP contribution >= 0.6 is 0 Å². The van der Waals surface area contributed by atoms with Gasteiger partial charge in [-0.3, -0.25) is 4.98 Å². The van der Waals surface area contributed by atoms with Crippen molar-refractivity contribution in [2.45, 2.75) is 11.9 Å². The number of ether oxygens (including phenoxy) is 2. The molecule has 3 aromatic heterocycles. The van der Waals surface area contributed by atoms with E-state index in [1.807, 2.05) is 0 Å². The molecule has 5 aromatic rings. The third-order valence-corrected chi connectivity index (χ3v) is 6.68. The molecule has 0 unspecified atom stereocenters. The van der Waals surface area contributed by atoms with Crippen molar-refractivity contribution in [2.75, 3.05) is 5.75 Å². The van der Waals surface area contributed by atoms with Crippen molar-refractivity contribution >= 4 is 20.9 Å². The van der Waals surface area contributed by atoms with Crippen LogP contribution in [0.15, 0.2) is 78.3 Å². The molecule has 3 heterocycles. The van der Waals surface area contributed by atoms with E-state index in [0.717, 1.165) is 0 Å². The van der Waals surface area contributed by atoms with Crippen LogP contribution in [0, 0.1) is 5.82 Å². The molecule has 0 aliphatic carbocycles. The minimum Gasteiger partial charge on any atom is -0.452 e. The van der Waals surface area contributed by atoms with Crippen molar-refractivity contribution in [3.8, 4) is 34.5 Å². The second-order valence-electron chi connectivity index (χ2n) is 7.36. The summed E-state index contributed by atoms with van der Waals surface area (Å²) in [5, 5.41) is -0.0483. The number of hydrogen-bond donors (Lipinski definition) is 1. The van der Waals surface area contributed by atoms with Crippen LogP contribution in [0.1, 0.15) is 6.92 Å². The van der Waals surface area contributed by atoms with Crippen molar-refractivity contribution < 1.29 is 22.3 Å². The fourth-order valence-electron chi connectivity index (χ4n) is 3.25. The van der Waals surface area contributed by atoms with Crippen molar-refractivity contribution in [3.05, 3.63) is 79.1 Å². The average molecular weight is 492 g/mol. The Labute approximate surface area is 199 Å². The molecule has 2 aromatic carbocycles. The normalized spacial score (nSPS) is 11.5. The summed E-state index contributed by atoms with van der Waals surface area (Å²) < 4.78 is 50.2. The molecule has 0 atom stereocenters. The third kappa shape index (κ3) is 4.66. The van der Waals surface area contributed by atoms with Gasteiger partial charge in [0, 0.05) is 24.5 Å². The highest BCUT2D eigenvalue weighted by Crippen LogP contribution is 2.39. The number of rotatable bonds is 7. The van der Waals surface area contributed by atoms with E-state index in [4.69, 9.17) is 9.47 Å². The van der Waals surface area contributed by atoms with Crippen LogP contribution in [-0.4, -0.2) is 39.1 Å². The Hall–Kier alpha value is -4.38. The molecule has 9 nitrogen and oxygen atoms in total. The maximum Gasteiger partial charge on any atom is 0.195 e. The molecule has 0 aliphatic rings. The Bertz CT molecular complexity index is 1610. The van der Waals surface area contributed by atoms with Crippen molar-refractivity contribution in [1.82, 2.24) is 24.9 Å². The van der Waals surface area contributed by atoms with Gasteiger partial charge in [0.2, 0.25) is 0 Å². The number of aromatic amines is 1. The SMILES string of the molecule is CCS(=O)(=O)c1ccc(Oc2cc3[nH]c(-c4cnccn4)nc3cc2Oc2ccccc2F)cn1. The number of fused-ring (bicyclic) bond motifs is 1. The minimum atomic E-state index is -3.45. The van der Waals surface area contributed by atoms with E-state index in [1.54, 1.807) is 49.8 Å². The van der Waals surface area contributed by atoms with Gasteiger partial charge in [0.05, 0.1) is 29.2 Å². The maximum atomic E-state index is 14.3. The summed E-state index contributed by atoms with van der Waals surface area (Å²) in [5.74, 6) is 0.587. The van der Waals surface area contributed by atoms with Crippen molar-refractivity contribution in [1.29, 1.82) is 0 Å². The van der Waals surface area contributed by atoms with Gasteiger partial charge in [-0.15, -0.1) is 0 Å².